The van der Waals surface area contributed by atoms with Crippen LogP contribution in [0.25, 0.3) is 0 Å². The van der Waals surface area contributed by atoms with Crippen LogP contribution in [0.15, 0.2) is 0 Å². The lowest BCUT2D eigenvalue weighted by Gasteiger charge is -2.28. The molecule has 0 saturated heterocycles. The van der Waals surface area contributed by atoms with Crippen LogP contribution in [-0.4, -0.2) is 41.8 Å². The summed E-state index contributed by atoms with van der Waals surface area (Å²) in [4.78, 5) is 2.66. The second-order valence-corrected chi connectivity index (χ2v) is 6.62. The van der Waals surface area contributed by atoms with Crippen molar-refractivity contribution in [2.75, 3.05) is 26.2 Å². The molecule has 0 heterocycles. The van der Waals surface area contributed by atoms with Crippen LogP contribution in [0.2, 0.25) is 0 Å². The highest BCUT2D eigenvalue weighted by molar-refractivity contribution is 4.84. The van der Waals surface area contributed by atoms with Crippen molar-refractivity contribution in [3.8, 4) is 0 Å². The Hall–Kier alpha value is -0.120. The van der Waals surface area contributed by atoms with Crippen LogP contribution in [0.4, 0.5) is 0 Å². The average Bonchev–Trinajstić information content (AvgIpc) is 3.24. The van der Waals surface area contributed by atoms with Crippen molar-refractivity contribution in [1.82, 2.24) is 4.90 Å². The summed E-state index contributed by atoms with van der Waals surface area (Å²) >= 11 is 0. The van der Waals surface area contributed by atoms with E-state index in [0.29, 0.717) is 0 Å². The van der Waals surface area contributed by atoms with Crippen LogP contribution in [0.1, 0.15) is 51.9 Å². The number of aliphatic hydroxyl groups is 1. The highest BCUT2D eigenvalue weighted by Crippen LogP contribution is 2.33. The molecule has 3 nitrogen and oxygen atoms in total. The molecule has 0 aromatic heterocycles. The van der Waals surface area contributed by atoms with Gasteiger partial charge in [-0.3, -0.25) is 0 Å². The van der Waals surface area contributed by atoms with Crippen LogP contribution < -0.4 is 5.73 Å². The maximum atomic E-state index is 9.32. The van der Waals surface area contributed by atoms with Crippen molar-refractivity contribution >= 4 is 0 Å². The summed E-state index contributed by atoms with van der Waals surface area (Å²) in [5.41, 5.74) is 5.80. The third-order valence-corrected chi connectivity index (χ3v) is 4.59. The van der Waals surface area contributed by atoms with Crippen molar-refractivity contribution < 1.29 is 5.11 Å². The molecule has 106 valence electrons. The molecule has 0 bridgehead atoms. The molecule has 3 heteroatoms. The van der Waals surface area contributed by atoms with Gasteiger partial charge < -0.3 is 15.7 Å². The van der Waals surface area contributed by atoms with Crippen LogP contribution >= 0.6 is 0 Å². The zero-order chi connectivity index (χ0) is 13.0. The molecule has 2 aliphatic carbocycles. The maximum absolute atomic E-state index is 9.32. The van der Waals surface area contributed by atoms with E-state index in [2.05, 4.69) is 11.8 Å². The minimum absolute atomic E-state index is 0.120. The van der Waals surface area contributed by atoms with Crippen molar-refractivity contribution in [2.24, 2.45) is 17.6 Å². The molecule has 3 N–H and O–H groups in total. The van der Waals surface area contributed by atoms with Crippen LogP contribution in [0.3, 0.4) is 0 Å². The van der Waals surface area contributed by atoms with E-state index in [1.54, 1.807) is 0 Å². The van der Waals surface area contributed by atoms with Crippen molar-refractivity contribution in [3.63, 3.8) is 0 Å². The topological polar surface area (TPSA) is 49.5 Å². The van der Waals surface area contributed by atoms with Gasteiger partial charge in [0.25, 0.3) is 0 Å². The molecule has 0 spiro atoms. The largest absolute Gasteiger partial charge is 0.394 e. The van der Waals surface area contributed by atoms with E-state index in [1.165, 1.54) is 45.3 Å². The minimum Gasteiger partial charge on any atom is -0.394 e. The highest BCUT2D eigenvalue weighted by Gasteiger charge is 2.29. The Morgan fingerprint density at radius 2 is 1.72 bits per heavy atom. The van der Waals surface area contributed by atoms with Crippen LogP contribution in [-0.2, 0) is 0 Å². The summed E-state index contributed by atoms with van der Waals surface area (Å²) in [7, 11) is 0. The first-order valence-electron chi connectivity index (χ1n) is 7.77. The van der Waals surface area contributed by atoms with Crippen LogP contribution in [0, 0.1) is 11.8 Å². The first-order valence-corrected chi connectivity index (χ1v) is 7.77. The standard InChI is InChI=1S/C15H30N2O/c1-2-15(16,12-18)8-3-9-17(10-13-4-5-13)11-14-6-7-14/h13-14,18H,2-12,16H2,1H3. The first kappa shape index (κ1) is 14.3. The fourth-order valence-corrected chi connectivity index (χ4v) is 2.61. The molecule has 0 radical (unpaired) electrons. The number of nitrogens with zero attached hydrogens (tertiary/aromatic N) is 1. The predicted molar refractivity (Wildman–Crippen MR) is 75.4 cm³/mol. The third-order valence-electron chi connectivity index (χ3n) is 4.59. The van der Waals surface area contributed by atoms with Crippen molar-refractivity contribution in [2.45, 2.75) is 57.4 Å². The second kappa shape index (κ2) is 6.36. The van der Waals surface area contributed by atoms with Gasteiger partial charge in [-0.05, 0) is 63.3 Å². The Balaban J connectivity index is 1.66. The molecule has 2 saturated carbocycles. The molecule has 0 amide bonds. The Morgan fingerprint density at radius 3 is 2.11 bits per heavy atom. The Labute approximate surface area is 112 Å². The van der Waals surface area contributed by atoms with Gasteiger partial charge in [0, 0.05) is 18.6 Å². The van der Waals surface area contributed by atoms with Gasteiger partial charge in [0.15, 0.2) is 0 Å². The molecule has 0 aromatic rings. The molecule has 18 heavy (non-hydrogen) atoms. The van der Waals surface area contributed by atoms with Gasteiger partial charge in [-0.1, -0.05) is 6.92 Å². The lowest BCUT2D eigenvalue weighted by molar-refractivity contribution is 0.169. The highest BCUT2D eigenvalue weighted by atomic mass is 16.3. The van der Waals surface area contributed by atoms with E-state index in [9.17, 15) is 5.11 Å². The fourth-order valence-electron chi connectivity index (χ4n) is 2.61. The van der Waals surface area contributed by atoms with E-state index in [1.807, 2.05) is 0 Å². The van der Waals surface area contributed by atoms with Gasteiger partial charge in [-0.25, -0.2) is 0 Å². The summed E-state index contributed by atoms with van der Waals surface area (Å²) in [5.74, 6) is 1.96. The van der Waals surface area contributed by atoms with Gasteiger partial charge >= 0.3 is 0 Å². The zero-order valence-corrected chi connectivity index (χ0v) is 11.9. The quantitative estimate of drug-likeness (QED) is 0.627. The van der Waals surface area contributed by atoms with E-state index < -0.39 is 0 Å². The summed E-state index contributed by atoms with van der Waals surface area (Å²) in [6.07, 6.45) is 8.70. The van der Waals surface area contributed by atoms with Crippen molar-refractivity contribution in [3.05, 3.63) is 0 Å². The molecular formula is C15H30N2O. The SMILES string of the molecule is CCC(N)(CO)CCCN(CC1CC1)CC1CC1. The number of aliphatic hydroxyl groups excluding tert-OH is 1. The maximum Gasteiger partial charge on any atom is 0.0611 e. The van der Waals surface area contributed by atoms with E-state index in [4.69, 9.17) is 5.73 Å². The van der Waals surface area contributed by atoms with Crippen LogP contribution in [0.5, 0.6) is 0 Å². The molecule has 1 atom stereocenters. The molecular weight excluding hydrogens is 224 g/mol. The molecule has 2 rings (SSSR count). The summed E-state index contributed by atoms with van der Waals surface area (Å²) < 4.78 is 0. The first-order chi connectivity index (χ1) is 8.65. The second-order valence-electron chi connectivity index (χ2n) is 6.62. The number of hydrogen-bond donors (Lipinski definition) is 2. The van der Waals surface area contributed by atoms with Gasteiger partial charge in [-0.15, -0.1) is 0 Å². The Bertz CT molecular complexity index is 231. The molecule has 0 aliphatic heterocycles. The fraction of sp³-hybridized carbons (Fsp3) is 1.00. The van der Waals surface area contributed by atoms with Gasteiger partial charge in [0.05, 0.1) is 6.61 Å². The van der Waals surface area contributed by atoms with Gasteiger partial charge in [0.2, 0.25) is 0 Å². The smallest absolute Gasteiger partial charge is 0.0611 e. The third kappa shape index (κ3) is 4.87. The summed E-state index contributed by atoms with van der Waals surface area (Å²) in [6.45, 7) is 5.97. The monoisotopic (exact) mass is 254 g/mol. The molecule has 2 fully saturated rings. The zero-order valence-electron chi connectivity index (χ0n) is 11.9. The normalized spacial score (nSPS) is 23.3. The number of hydrogen-bond acceptors (Lipinski definition) is 3. The lowest BCUT2D eigenvalue weighted by atomic mass is 9.92. The molecule has 2 aliphatic rings. The predicted octanol–water partition coefficient (Wildman–Crippen LogP) is 1.99. The number of rotatable bonds is 10. The summed E-state index contributed by atoms with van der Waals surface area (Å²) in [5, 5.41) is 9.32. The average molecular weight is 254 g/mol. The molecule has 1 unspecified atom stereocenters. The molecule has 0 aromatic carbocycles. The van der Waals surface area contributed by atoms with Crippen molar-refractivity contribution in [1.29, 1.82) is 0 Å². The van der Waals surface area contributed by atoms with E-state index >= 15 is 0 Å². The minimum atomic E-state index is -0.342. The van der Waals surface area contributed by atoms with E-state index in [0.717, 1.165) is 31.1 Å². The Morgan fingerprint density at radius 1 is 1.17 bits per heavy atom. The van der Waals surface area contributed by atoms with Gasteiger partial charge in [-0.2, -0.15) is 0 Å². The number of nitrogens with two attached hydrogens (primary N) is 1. The summed E-state index contributed by atoms with van der Waals surface area (Å²) in [6, 6.07) is 0. The van der Waals surface area contributed by atoms with Gasteiger partial charge in [0.1, 0.15) is 0 Å². The Kier molecular flexibility index (Phi) is 5.05. The lowest BCUT2D eigenvalue weighted by Crippen LogP contribution is -2.43. The van der Waals surface area contributed by atoms with E-state index in [-0.39, 0.29) is 12.1 Å².